The maximum absolute atomic E-state index is 13.2. The molecule has 6 heteroatoms. The predicted octanol–water partition coefficient (Wildman–Crippen LogP) is 4.76. The highest BCUT2D eigenvalue weighted by Gasteiger charge is 2.32. The van der Waals surface area contributed by atoms with E-state index in [4.69, 9.17) is 5.73 Å². The lowest BCUT2D eigenvalue weighted by atomic mass is 9.87. The van der Waals surface area contributed by atoms with Crippen LogP contribution in [0.3, 0.4) is 0 Å². The Morgan fingerprint density at radius 2 is 1.92 bits per heavy atom. The summed E-state index contributed by atoms with van der Waals surface area (Å²) < 4.78 is 39.6. The average Bonchev–Trinajstić information content (AvgIpc) is 2.79. The summed E-state index contributed by atoms with van der Waals surface area (Å²) >= 11 is 0. The second-order valence-corrected chi connectivity index (χ2v) is 6.38. The van der Waals surface area contributed by atoms with Crippen molar-refractivity contribution in [2.24, 2.45) is 10.7 Å². The van der Waals surface area contributed by atoms with E-state index in [1.54, 1.807) is 24.5 Å². The monoisotopic (exact) mass is 359 g/mol. The molecule has 1 atom stereocenters. The van der Waals surface area contributed by atoms with Gasteiger partial charge >= 0.3 is 6.18 Å². The molecule has 2 N–H and O–H groups in total. The van der Waals surface area contributed by atoms with Gasteiger partial charge in [0.25, 0.3) is 0 Å². The van der Waals surface area contributed by atoms with Crippen molar-refractivity contribution in [1.82, 2.24) is 4.98 Å². The smallest absolute Gasteiger partial charge is 0.398 e. The van der Waals surface area contributed by atoms with Crippen LogP contribution in [0, 0.1) is 0 Å². The first-order valence-corrected chi connectivity index (χ1v) is 8.49. The van der Waals surface area contributed by atoms with Crippen molar-refractivity contribution in [3.63, 3.8) is 0 Å². The molecule has 3 nitrogen and oxygen atoms in total. The maximum atomic E-state index is 13.2. The van der Waals surface area contributed by atoms with Gasteiger partial charge in [0.05, 0.1) is 17.8 Å². The Balaban J connectivity index is 2.21. The molecule has 1 aliphatic heterocycles. The predicted molar refractivity (Wildman–Crippen MR) is 97.1 cm³/mol. The van der Waals surface area contributed by atoms with Crippen molar-refractivity contribution in [2.75, 3.05) is 6.54 Å². The van der Waals surface area contributed by atoms with Crippen molar-refractivity contribution in [1.29, 1.82) is 0 Å². The van der Waals surface area contributed by atoms with E-state index in [2.05, 4.69) is 9.98 Å². The topological polar surface area (TPSA) is 51.3 Å². The Morgan fingerprint density at radius 3 is 2.62 bits per heavy atom. The molecule has 0 aliphatic carbocycles. The van der Waals surface area contributed by atoms with Gasteiger partial charge in [-0.05, 0) is 42.2 Å². The van der Waals surface area contributed by atoms with Crippen LogP contribution in [-0.4, -0.2) is 17.2 Å². The van der Waals surface area contributed by atoms with E-state index in [1.165, 1.54) is 12.1 Å². The number of rotatable bonds is 3. The van der Waals surface area contributed by atoms with Crippen LogP contribution in [0.5, 0.6) is 0 Å². The molecule has 2 heterocycles. The zero-order chi connectivity index (χ0) is 18.9. The number of nitrogens with two attached hydrogens (primary N) is 1. The molecule has 3 rings (SSSR count). The molecule has 0 spiro atoms. The first kappa shape index (κ1) is 18.2. The van der Waals surface area contributed by atoms with Gasteiger partial charge in [0.2, 0.25) is 0 Å². The van der Waals surface area contributed by atoms with Gasteiger partial charge in [0, 0.05) is 34.8 Å². The first-order chi connectivity index (χ1) is 12.3. The third-order valence-corrected chi connectivity index (χ3v) is 4.73. The highest BCUT2D eigenvalue weighted by molar-refractivity contribution is 6.16. The van der Waals surface area contributed by atoms with E-state index >= 15 is 0 Å². The maximum Gasteiger partial charge on any atom is 0.416 e. The molecule has 1 aliphatic rings. The van der Waals surface area contributed by atoms with Crippen LogP contribution in [0.2, 0.25) is 0 Å². The summed E-state index contributed by atoms with van der Waals surface area (Å²) in [6.45, 7) is 4.26. The molecular formula is C20H20F3N3. The zero-order valence-electron chi connectivity index (χ0n) is 14.6. The SMILES string of the molecule is CCC(C)c1cc(C(F)(F)F)ccc1C1=NCC=C(N)c2cnccc21. The molecule has 2 aromatic rings. The summed E-state index contributed by atoms with van der Waals surface area (Å²) in [5.74, 6) is -0.0335. The lowest BCUT2D eigenvalue weighted by Gasteiger charge is -2.20. The number of nitrogens with zero attached hydrogens (tertiary/aromatic N) is 2. The van der Waals surface area contributed by atoms with Crippen molar-refractivity contribution < 1.29 is 13.2 Å². The number of pyridine rings is 1. The van der Waals surface area contributed by atoms with Gasteiger partial charge in [-0.2, -0.15) is 13.2 Å². The molecule has 136 valence electrons. The molecule has 0 amide bonds. The van der Waals surface area contributed by atoms with Crippen molar-refractivity contribution >= 4 is 11.4 Å². The molecule has 26 heavy (non-hydrogen) atoms. The van der Waals surface area contributed by atoms with Gasteiger partial charge in [0.15, 0.2) is 0 Å². The summed E-state index contributed by atoms with van der Waals surface area (Å²) in [5, 5.41) is 0. The fourth-order valence-corrected chi connectivity index (χ4v) is 3.07. The van der Waals surface area contributed by atoms with Gasteiger partial charge in [0.1, 0.15) is 0 Å². The fourth-order valence-electron chi connectivity index (χ4n) is 3.07. The van der Waals surface area contributed by atoms with E-state index < -0.39 is 11.7 Å². The second kappa shape index (κ2) is 6.94. The molecule has 0 fully saturated rings. The number of fused-ring (bicyclic) bond motifs is 1. The lowest BCUT2D eigenvalue weighted by Crippen LogP contribution is -2.14. The number of alkyl halides is 3. The van der Waals surface area contributed by atoms with Gasteiger partial charge in [-0.3, -0.25) is 9.98 Å². The highest BCUT2D eigenvalue weighted by atomic mass is 19.4. The molecule has 0 radical (unpaired) electrons. The Kier molecular flexibility index (Phi) is 4.85. The van der Waals surface area contributed by atoms with Crippen molar-refractivity contribution in [3.05, 3.63) is 70.6 Å². The standard InChI is InChI=1S/C20H20F3N3/c1-3-12(2)16-10-13(20(21,22)23)4-5-14(16)19-15-6-8-25-11-17(15)18(24)7-9-26-19/h4-8,10-12H,3,9,24H2,1-2H3. The van der Waals surface area contributed by atoms with Gasteiger partial charge < -0.3 is 5.73 Å². The van der Waals surface area contributed by atoms with Crippen LogP contribution in [0.4, 0.5) is 13.2 Å². The summed E-state index contributed by atoms with van der Waals surface area (Å²) in [6.07, 6.45) is 1.44. The Bertz CT molecular complexity index is 882. The number of aromatic nitrogens is 1. The minimum Gasteiger partial charge on any atom is -0.398 e. The largest absolute Gasteiger partial charge is 0.416 e. The number of halogens is 3. The molecule has 1 aromatic heterocycles. The number of aliphatic imine (C=N–C) groups is 1. The molecule has 1 aromatic carbocycles. The Labute approximate surface area is 150 Å². The summed E-state index contributed by atoms with van der Waals surface area (Å²) in [7, 11) is 0. The number of hydrogen-bond donors (Lipinski definition) is 1. The van der Waals surface area contributed by atoms with Crippen LogP contribution in [-0.2, 0) is 6.18 Å². The molecule has 0 saturated carbocycles. The summed E-state index contributed by atoms with van der Waals surface area (Å²) in [5.41, 5.74) is 9.57. The van der Waals surface area contributed by atoms with Crippen LogP contribution >= 0.6 is 0 Å². The lowest BCUT2D eigenvalue weighted by molar-refractivity contribution is -0.137. The molecule has 0 bridgehead atoms. The van der Waals surface area contributed by atoms with Gasteiger partial charge in [-0.25, -0.2) is 0 Å². The highest BCUT2D eigenvalue weighted by Crippen LogP contribution is 2.35. The minimum absolute atomic E-state index is 0.0335. The first-order valence-electron chi connectivity index (χ1n) is 8.49. The van der Waals surface area contributed by atoms with Crippen LogP contribution in [0.25, 0.3) is 5.70 Å². The van der Waals surface area contributed by atoms with Crippen LogP contribution < -0.4 is 5.73 Å². The van der Waals surface area contributed by atoms with Crippen molar-refractivity contribution in [2.45, 2.75) is 32.4 Å². The van der Waals surface area contributed by atoms with Crippen LogP contribution in [0.1, 0.15) is 54.0 Å². The van der Waals surface area contributed by atoms with E-state index in [9.17, 15) is 13.2 Å². The Morgan fingerprint density at radius 1 is 1.15 bits per heavy atom. The van der Waals surface area contributed by atoms with Gasteiger partial charge in [-0.1, -0.05) is 19.9 Å². The van der Waals surface area contributed by atoms with E-state index in [0.29, 0.717) is 29.1 Å². The quantitative estimate of drug-likeness (QED) is 0.859. The zero-order valence-corrected chi connectivity index (χ0v) is 14.6. The average molecular weight is 359 g/mol. The normalized spacial score (nSPS) is 15.6. The van der Waals surface area contributed by atoms with E-state index in [0.717, 1.165) is 23.6 Å². The number of hydrogen-bond acceptors (Lipinski definition) is 3. The van der Waals surface area contributed by atoms with Crippen LogP contribution in [0.15, 0.2) is 47.7 Å². The van der Waals surface area contributed by atoms with E-state index in [-0.39, 0.29) is 5.92 Å². The molecule has 0 saturated heterocycles. The fraction of sp³-hybridized carbons (Fsp3) is 0.300. The molecule has 1 unspecified atom stereocenters. The third-order valence-electron chi connectivity index (χ3n) is 4.73. The van der Waals surface area contributed by atoms with Crippen molar-refractivity contribution in [3.8, 4) is 0 Å². The number of benzene rings is 1. The van der Waals surface area contributed by atoms with E-state index in [1.807, 2.05) is 13.8 Å². The summed E-state index contributed by atoms with van der Waals surface area (Å²) in [4.78, 5) is 8.72. The third kappa shape index (κ3) is 3.36. The Hall–Kier alpha value is -2.63. The molecular weight excluding hydrogens is 339 g/mol. The summed E-state index contributed by atoms with van der Waals surface area (Å²) in [6, 6.07) is 5.69. The minimum atomic E-state index is -4.38. The van der Waals surface area contributed by atoms with Gasteiger partial charge in [-0.15, -0.1) is 0 Å². The second-order valence-electron chi connectivity index (χ2n) is 6.38.